The summed E-state index contributed by atoms with van der Waals surface area (Å²) in [5.41, 5.74) is 0.672. The number of aryl methyl sites for hydroxylation is 1. The zero-order valence-corrected chi connectivity index (χ0v) is 20.6. The van der Waals surface area contributed by atoms with Crippen LogP contribution < -0.4 is 0 Å². The van der Waals surface area contributed by atoms with Crippen molar-refractivity contribution in [3.05, 3.63) is 70.4 Å². The van der Waals surface area contributed by atoms with Crippen LogP contribution in [-0.2, 0) is 7.05 Å². The SMILES string of the molecule is [C-]#[N+]c1ccc(-c2nc(C(=O)N3CC[C@H](N(C)C)C3)c(F)n2-c2ccc3nn(C)c(Cl)c3c2)cc1F. The number of halogens is 3. The number of carbonyl (C=O) groups excluding carboxylic acids is 1. The summed E-state index contributed by atoms with van der Waals surface area (Å²) < 4.78 is 33.2. The lowest BCUT2D eigenvalue weighted by Crippen LogP contribution is -2.35. The Kier molecular flexibility index (Phi) is 5.98. The van der Waals surface area contributed by atoms with E-state index in [4.69, 9.17) is 18.2 Å². The van der Waals surface area contributed by atoms with E-state index < -0.39 is 17.7 Å². The third-order valence-electron chi connectivity index (χ3n) is 6.53. The molecule has 0 bridgehead atoms. The maximum absolute atomic E-state index is 16.0. The number of hydrogen-bond acceptors (Lipinski definition) is 4. The Morgan fingerprint density at radius 1 is 1.22 bits per heavy atom. The molecule has 0 spiro atoms. The first-order chi connectivity index (χ1) is 17.2. The largest absolute Gasteiger partial charge is 0.336 e. The summed E-state index contributed by atoms with van der Waals surface area (Å²) in [7, 11) is 5.57. The number of aromatic nitrogens is 4. The van der Waals surface area contributed by atoms with E-state index in [0.29, 0.717) is 34.8 Å². The van der Waals surface area contributed by atoms with Gasteiger partial charge in [-0.3, -0.25) is 14.0 Å². The second-order valence-corrected chi connectivity index (χ2v) is 9.32. The number of rotatable bonds is 4. The summed E-state index contributed by atoms with van der Waals surface area (Å²) in [5, 5.41) is 5.27. The molecule has 1 amide bonds. The molecule has 0 unspecified atom stereocenters. The lowest BCUT2D eigenvalue weighted by molar-refractivity contribution is 0.0772. The highest BCUT2D eigenvalue weighted by atomic mass is 35.5. The molecule has 2 aromatic heterocycles. The highest BCUT2D eigenvalue weighted by Gasteiger charge is 2.33. The van der Waals surface area contributed by atoms with E-state index in [0.717, 1.165) is 12.5 Å². The first kappa shape index (κ1) is 23.9. The molecule has 1 aliphatic rings. The summed E-state index contributed by atoms with van der Waals surface area (Å²) in [5.74, 6) is -2.12. The van der Waals surface area contributed by atoms with Crippen molar-refractivity contribution in [1.82, 2.24) is 29.1 Å². The molecule has 1 atom stereocenters. The Labute approximate surface area is 211 Å². The van der Waals surface area contributed by atoms with Gasteiger partial charge in [-0.1, -0.05) is 23.7 Å². The average molecular weight is 510 g/mol. The number of likely N-dealkylation sites (N-methyl/N-ethyl adjacent to an activating group) is 1. The van der Waals surface area contributed by atoms with Crippen LogP contribution in [-0.4, -0.2) is 68.3 Å². The van der Waals surface area contributed by atoms with Crippen molar-refractivity contribution in [2.24, 2.45) is 7.05 Å². The molecule has 3 heterocycles. The lowest BCUT2D eigenvalue weighted by atomic mass is 10.1. The Balaban J connectivity index is 1.67. The number of carbonyl (C=O) groups is 1. The number of likely N-dealkylation sites (tertiary alicyclic amines) is 1. The van der Waals surface area contributed by atoms with Crippen molar-refractivity contribution in [2.45, 2.75) is 12.5 Å². The van der Waals surface area contributed by atoms with Crippen LogP contribution in [0.25, 0.3) is 32.8 Å². The minimum absolute atomic E-state index is 0.0361. The molecule has 1 aliphatic heterocycles. The standard InChI is InChI=1S/C25H22ClF2N7O/c1-29-20-7-5-14(11-18(20)27)24-30-21(25(36)34-10-9-16(13-34)32(2)3)23(28)35(24)15-6-8-19-17(12-15)22(26)33(4)31-19/h5-8,11-12,16H,9-10,13H2,2-4H3/t16-/m0/s1. The summed E-state index contributed by atoms with van der Waals surface area (Å²) in [4.78, 5) is 24.5. The number of nitrogens with zero attached hydrogens (tertiary/aromatic N) is 7. The monoisotopic (exact) mass is 509 g/mol. The van der Waals surface area contributed by atoms with Crippen LogP contribution >= 0.6 is 11.6 Å². The maximum Gasteiger partial charge on any atom is 0.277 e. The van der Waals surface area contributed by atoms with Crippen molar-refractivity contribution in [2.75, 3.05) is 27.2 Å². The van der Waals surface area contributed by atoms with E-state index in [-0.39, 0.29) is 28.8 Å². The van der Waals surface area contributed by atoms with E-state index in [2.05, 4.69) is 14.9 Å². The fourth-order valence-corrected chi connectivity index (χ4v) is 4.68. The summed E-state index contributed by atoms with van der Waals surface area (Å²) in [6.07, 6.45) is 0.771. The summed E-state index contributed by atoms with van der Waals surface area (Å²) in [6, 6.07) is 9.05. The predicted octanol–water partition coefficient (Wildman–Crippen LogP) is 4.68. The van der Waals surface area contributed by atoms with Crippen LogP contribution in [0.1, 0.15) is 16.9 Å². The molecular weight excluding hydrogens is 488 g/mol. The van der Waals surface area contributed by atoms with Gasteiger partial charge in [0, 0.05) is 37.1 Å². The van der Waals surface area contributed by atoms with Gasteiger partial charge < -0.3 is 9.80 Å². The smallest absolute Gasteiger partial charge is 0.277 e. The van der Waals surface area contributed by atoms with Crippen LogP contribution in [0.3, 0.4) is 0 Å². The van der Waals surface area contributed by atoms with Gasteiger partial charge in [0.1, 0.15) is 16.8 Å². The number of hydrogen-bond donors (Lipinski definition) is 0. The van der Waals surface area contributed by atoms with Gasteiger partial charge in [0.15, 0.2) is 5.69 Å². The Morgan fingerprint density at radius 2 is 2.00 bits per heavy atom. The highest BCUT2D eigenvalue weighted by molar-refractivity contribution is 6.34. The van der Waals surface area contributed by atoms with Crippen molar-refractivity contribution in [3.8, 4) is 17.1 Å². The second kappa shape index (κ2) is 9.00. The van der Waals surface area contributed by atoms with Crippen LogP contribution in [0, 0.1) is 18.3 Å². The number of benzene rings is 2. The first-order valence-corrected chi connectivity index (χ1v) is 11.6. The second-order valence-electron chi connectivity index (χ2n) is 8.96. The third-order valence-corrected chi connectivity index (χ3v) is 6.98. The van der Waals surface area contributed by atoms with Gasteiger partial charge in [-0.25, -0.2) is 14.2 Å². The molecule has 0 aliphatic carbocycles. The molecule has 2 aromatic carbocycles. The molecule has 0 saturated carbocycles. The molecule has 8 nitrogen and oxygen atoms in total. The molecule has 11 heteroatoms. The number of amides is 1. The fraction of sp³-hybridized carbons (Fsp3) is 0.280. The Hall–Kier alpha value is -3.81. The van der Waals surface area contributed by atoms with Crippen molar-refractivity contribution in [1.29, 1.82) is 0 Å². The minimum Gasteiger partial charge on any atom is -0.336 e. The average Bonchev–Trinajstić information content (AvgIpc) is 3.55. The predicted molar refractivity (Wildman–Crippen MR) is 132 cm³/mol. The molecule has 184 valence electrons. The molecule has 5 rings (SSSR count). The molecule has 36 heavy (non-hydrogen) atoms. The van der Waals surface area contributed by atoms with Gasteiger partial charge in [0.25, 0.3) is 5.91 Å². The van der Waals surface area contributed by atoms with E-state index in [9.17, 15) is 9.18 Å². The van der Waals surface area contributed by atoms with Gasteiger partial charge >= 0.3 is 0 Å². The molecule has 1 fully saturated rings. The molecular formula is C25H22ClF2N7O. The van der Waals surface area contributed by atoms with E-state index >= 15 is 4.39 Å². The van der Waals surface area contributed by atoms with Gasteiger partial charge in [-0.2, -0.15) is 9.49 Å². The van der Waals surface area contributed by atoms with Gasteiger partial charge in [-0.05, 0) is 44.8 Å². The number of imidazole rings is 1. The number of fused-ring (bicyclic) bond motifs is 1. The molecule has 4 aromatic rings. The van der Waals surface area contributed by atoms with Crippen molar-refractivity contribution < 1.29 is 13.6 Å². The van der Waals surface area contributed by atoms with E-state index in [1.807, 2.05) is 19.0 Å². The molecule has 0 radical (unpaired) electrons. The maximum atomic E-state index is 16.0. The third kappa shape index (κ3) is 3.90. The van der Waals surface area contributed by atoms with Crippen LogP contribution in [0.15, 0.2) is 36.4 Å². The van der Waals surface area contributed by atoms with Gasteiger partial charge in [0.2, 0.25) is 11.6 Å². The van der Waals surface area contributed by atoms with Crippen molar-refractivity contribution in [3.63, 3.8) is 0 Å². The zero-order valence-electron chi connectivity index (χ0n) is 19.8. The highest BCUT2D eigenvalue weighted by Crippen LogP contribution is 2.32. The zero-order chi connectivity index (χ0) is 25.7. The Bertz CT molecular complexity index is 1550. The van der Waals surface area contributed by atoms with E-state index in [1.165, 1.54) is 21.4 Å². The first-order valence-electron chi connectivity index (χ1n) is 11.2. The van der Waals surface area contributed by atoms with Gasteiger partial charge in [0.05, 0.1) is 17.8 Å². The fourth-order valence-electron chi connectivity index (χ4n) is 4.50. The van der Waals surface area contributed by atoms with Crippen molar-refractivity contribution >= 4 is 34.1 Å². The normalized spacial score (nSPS) is 15.7. The van der Waals surface area contributed by atoms with Gasteiger partial charge in [-0.15, -0.1) is 0 Å². The summed E-state index contributed by atoms with van der Waals surface area (Å²) in [6.45, 7) is 8.04. The Morgan fingerprint density at radius 3 is 2.67 bits per heavy atom. The lowest BCUT2D eigenvalue weighted by Gasteiger charge is -2.19. The van der Waals surface area contributed by atoms with Crippen LogP contribution in [0.5, 0.6) is 0 Å². The minimum atomic E-state index is -0.864. The van der Waals surface area contributed by atoms with Crippen LogP contribution in [0.4, 0.5) is 14.5 Å². The van der Waals surface area contributed by atoms with Crippen LogP contribution in [0.2, 0.25) is 5.15 Å². The summed E-state index contributed by atoms with van der Waals surface area (Å²) >= 11 is 6.37. The molecule has 1 saturated heterocycles. The van der Waals surface area contributed by atoms with E-state index in [1.54, 1.807) is 30.1 Å². The molecule has 0 N–H and O–H groups in total. The quantitative estimate of drug-likeness (QED) is 0.375. The topological polar surface area (TPSA) is 63.6 Å².